The van der Waals surface area contributed by atoms with Gasteiger partial charge in [0, 0.05) is 6.42 Å². The molecule has 0 spiro atoms. The van der Waals surface area contributed by atoms with Crippen molar-refractivity contribution in [3.8, 4) is 5.75 Å². The van der Waals surface area contributed by atoms with Gasteiger partial charge >= 0.3 is 19.7 Å². The van der Waals surface area contributed by atoms with E-state index in [-0.39, 0.29) is 50.9 Å². The molecule has 1 fully saturated rings. The molecule has 16 nitrogen and oxygen atoms in total. The summed E-state index contributed by atoms with van der Waals surface area (Å²) in [6.45, 7) is -0.672. The maximum absolute atomic E-state index is 12.9. The second-order valence-electron chi connectivity index (χ2n) is 10.0. The second-order valence-corrected chi connectivity index (χ2v) is 11.5. The lowest BCUT2D eigenvalue weighted by Gasteiger charge is -2.19. The largest absolute Gasteiger partial charge is 0.460 e. The number of nitrogens with one attached hydrogen (secondary N) is 1. The number of imidazole rings is 1. The first kappa shape index (κ1) is 32.0. The Bertz CT molecular complexity index is 1670. The molecular weight excluding hydrogens is 609 g/mol. The molecule has 4 atom stereocenters. The molecule has 238 valence electrons. The minimum atomic E-state index is -4.14. The van der Waals surface area contributed by atoms with Crippen molar-refractivity contribution in [3.63, 3.8) is 0 Å². The summed E-state index contributed by atoms with van der Waals surface area (Å²) in [6, 6.07) is 15.5. The third-order valence-corrected chi connectivity index (χ3v) is 7.61. The molecule has 2 aromatic heterocycles. The molecule has 0 aliphatic carbocycles. The number of aliphatic hydroxyl groups is 1. The van der Waals surface area contributed by atoms with Crippen LogP contribution in [0.3, 0.4) is 0 Å². The fraction of sp³-hybridized carbons (Fsp3) is 0.321. The molecule has 6 N–H and O–H groups in total. The fourth-order valence-corrected chi connectivity index (χ4v) is 5.24. The lowest BCUT2D eigenvalue weighted by atomic mass is 10.2. The van der Waals surface area contributed by atoms with Gasteiger partial charge < -0.3 is 29.6 Å². The summed E-state index contributed by atoms with van der Waals surface area (Å²) in [6.07, 6.45) is 0.520. The number of esters is 2. The van der Waals surface area contributed by atoms with Gasteiger partial charge in [-0.2, -0.15) is 0 Å². The number of aromatic nitrogens is 4. The van der Waals surface area contributed by atoms with Gasteiger partial charge in [-0.05, 0) is 23.3 Å². The third-order valence-electron chi connectivity index (χ3n) is 6.63. The number of ether oxygens (including phenoxy) is 3. The van der Waals surface area contributed by atoms with Gasteiger partial charge in [-0.1, -0.05) is 42.5 Å². The number of aliphatic hydroxyl groups excluding tert-OH is 1. The Balaban J connectivity index is 1.03. The van der Waals surface area contributed by atoms with E-state index in [2.05, 4.69) is 20.3 Å². The first-order chi connectivity index (χ1) is 21.7. The molecule has 1 aliphatic rings. The zero-order valence-electron chi connectivity index (χ0n) is 23.9. The number of rotatable bonds is 14. The Hall–Kier alpha value is -4.44. The number of nitrogens with zero attached hydrogens (tertiary/aromatic N) is 4. The Labute approximate surface area is 257 Å². The molecule has 4 aromatic rings. The molecule has 1 unspecified atom stereocenters. The second kappa shape index (κ2) is 14.6. The topological polar surface area (TPSA) is 225 Å². The molecule has 0 amide bonds. The highest BCUT2D eigenvalue weighted by Gasteiger charge is 2.37. The van der Waals surface area contributed by atoms with Gasteiger partial charge in [-0.3, -0.25) is 24.0 Å². The standard InChI is InChI=1S/C28H32N7O9P/c29-27-26-28(33-16-32-27)35(17-34-26)23-10-21(36)22(43-23)15-42-45(30,39)44-20-8-4-7-19(9-20)14-41-25(38)12-31-11-24(37)40-13-18-5-2-1-3-6-18/h1-9,16-17,21-23,31,36H,10-15H2,(H2,30,39)(H2,29,32,33)/t21-,22+,23+,45?/m0/s1. The van der Waals surface area contributed by atoms with E-state index < -0.39 is 38.1 Å². The Morgan fingerprint density at radius 1 is 1.02 bits per heavy atom. The SMILES string of the molecule is Nc1ncnc2c1ncn2[C@H]1C[C@H](O)[C@@H](COP(N)(=O)Oc2cccc(COC(=O)CNCC(=O)OCc3ccccc3)c2)O1. The molecule has 17 heteroatoms. The van der Waals surface area contributed by atoms with Crippen LogP contribution in [0.25, 0.3) is 11.2 Å². The summed E-state index contributed by atoms with van der Waals surface area (Å²) in [5.74, 6) is -0.780. The van der Waals surface area contributed by atoms with Crippen molar-refractivity contribution in [3.05, 3.63) is 78.4 Å². The van der Waals surface area contributed by atoms with Crippen LogP contribution in [0, 0.1) is 0 Å². The summed E-state index contributed by atoms with van der Waals surface area (Å²) in [4.78, 5) is 36.2. The highest BCUT2D eigenvalue weighted by molar-refractivity contribution is 7.51. The van der Waals surface area contributed by atoms with E-state index in [1.54, 1.807) is 16.7 Å². The van der Waals surface area contributed by atoms with Gasteiger partial charge in [0.1, 0.15) is 43.1 Å². The van der Waals surface area contributed by atoms with Crippen LogP contribution in [0.5, 0.6) is 5.75 Å². The highest BCUT2D eigenvalue weighted by atomic mass is 31.2. The number of anilines is 1. The van der Waals surface area contributed by atoms with Gasteiger partial charge in [0.2, 0.25) is 0 Å². The smallest absolute Gasteiger partial charge is 0.456 e. The van der Waals surface area contributed by atoms with E-state index >= 15 is 0 Å². The predicted octanol–water partition coefficient (Wildman–Crippen LogP) is 1.60. The minimum absolute atomic E-state index is 0.113. The van der Waals surface area contributed by atoms with Crippen LogP contribution in [0.4, 0.5) is 5.82 Å². The average molecular weight is 642 g/mol. The summed E-state index contributed by atoms with van der Waals surface area (Å²) >= 11 is 0. The molecule has 3 heterocycles. The van der Waals surface area contributed by atoms with E-state index in [1.165, 1.54) is 24.8 Å². The van der Waals surface area contributed by atoms with Crippen molar-refractivity contribution in [2.75, 3.05) is 25.4 Å². The number of benzene rings is 2. The minimum Gasteiger partial charge on any atom is -0.460 e. The van der Waals surface area contributed by atoms with Gasteiger partial charge in [0.25, 0.3) is 0 Å². The number of carbonyl (C=O) groups is 2. The molecule has 0 saturated carbocycles. The van der Waals surface area contributed by atoms with E-state index in [0.717, 1.165) is 5.56 Å². The van der Waals surface area contributed by atoms with Crippen LogP contribution in [-0.4, -0.2) is 68.5 Å². The fourth-order valence-electron chi connectivity index (χ4n) is 4.43. The Morgan fingerprint density at radius 2 is 1.73 bits per heavy atom. The van der Waals surface area contributed by atoms with Crippen molar-refractivity contribution in [2.24, 2.45) is 5.50 Å². The molecule has 5 rings (SSSR count). The van der Waals surface area contributed by atoms with E-state index in [9.17, 15) is 19.3 Å². The monoisotopic (exact) mass is 641 g/mol. The number of nitrogen functional groups attached to an aromatic ring is 1. The summed E-state index contributed by atoms with van der Waals surface area (Å²) in [7, 11) is -4.14. The van der Waals surface area contributed by atoms with Crippen molar-refractivity contribution >= 4 is 36.7 Å². The van der Waals surface area contributed by atoms with Gasteiger partial charge in [0.15, 0.2) is 11.5 Å². The normalized spacial score (nSPS) is 19.2. The maximum Gasteiger partial charge on any atom is 0.456 e. The molecule has 1 saturated heterocycles. The van der Waals surface area contributed by atoms with Crippen LogP contribution < -0.4 is 21.1 Å². The number of hydrogen-bond acceptors (Lipinski definition) is 14. The molecule has 2 aromatic carbocycles. The lowest BCUT2D eigenvalue weighted by molar-refractivity contribution is -0.145. The van der Waals surface area contributed by atoms with Gasteiger partial charge in [-0.25, -0.2) is 25.0 Å². The summed E-state index contributed by atoms with van der Waals surface area (Å²) in [5.41, 5.74) is 13.9. The van der Waals surface area contributed by atoms with Crippen LogP contribution in [-0.2, 0) is 46.1 Å². The zero-order valence-corrected chi connectivity index (χ0v) is 24.8. The lowest BCUT2D eigenvalue weighted by Crippen LogP contribution is -2.30. The van der Waals surface area contributed by atoms with E-state index in [4.69, 9.17) is 34.5 Å². The van der Waals surface area contributed by atoms with Crippen molar-refractivity contribution < 1.29 is 42.5 Å². The molecule has 0 radical (unpaired) electrons. The van der Waals surface area contributed by atoms with Crippen molar-refractivity contribution in [1.82, 2.24) is 24.8 Å². The summed E-state index contributed by atoms with van der Waals surface area (Å²) < 4.78 is 41.4. The highest BCUT2D eigenvalue weighted by Crippen LogP contribution is 2.42. The molecule has 1 aliphatic heterocycles. The number of hydrogen-bond donors (Lipinski definition) is 4. The number of carbonyl (C=O) groups excluding carboxylic acids is 2. The van der Waals surface area contributed by atoms with Crippen molar-refractivity contribution in [2.45, 2.75) is 38.1 Å². The van der Waals surface area contributed by atoms with Gasteiger partial charge in [-0.15, -0.1) is 0 Å². The van der Waals surface area contributed by atoms with E-state index in [0.29, 0.717) is 16.7 Å². The number of fused-ring (bicyclic) bond motifs is 1. The number of nitrogens with two attached hydrogens (primary N) is 2. The van der Waals surface area contributed by atoms with Crippen LogP contribution in [0.2, 0.25) is 0 Å². The van der Waals surface area contributed by atoms with Crippen LogP contribution >= 0.6 is 7.75 Å². The first-order valence-corrected chi connectivity index (χ1v) is 15.4. The molecule has 45 heavy (non-hydrogen) atoms. The van der Waals surface area contributed by atoms with Crippen LogP contribution in [0.15, 0.2) is 67.3 Å². The van der Waals surface area contributed by atoms with Crippen molar-refractivity contribution in [1.29, 1.82) is 0 Å². The van der Waals surface area contributed by atoms with E-state index in [1.807, 2.05) is 30.3 Å². The van der Waals surface area contributed by atoms with Gasteiger partial charge in [0.05, 0.1) is 32.1 Å². The summed E-state index contributed by atoms with van der Waals surface area (Å²) in [5, 5.41) is 13.2. The maximum atomic E-state index is 12.9. The van der Waals surface area contributed by atoms with Crippen LogP contribution in [0.1, 0.15) is 23.8 Å². The molecular formula is C28H32N7O9P. The quantitative estimate of drug-likeness (QED) is 0.113. The Kier molecular flexibility index (Phi) is 10.3. The first-order valence-electron chi connectivity index (χ1n) is 13.8. The molecule has 0 bridgehead atoms. The predicted molar refractivity (Wildman–Crippen MR) is 158 cm³/mol. The average Bonchev–Trinajstić information content (AvgIpc) is 3.62. The Morgan fingerprint density at radius 3 is 2.49 bits per heavy atom. The third kappa shape index (κ3) is 8.82. The zero-order chi connectivity index (χ0) is 31.8.